The van der Waals surface area contributed by atoms with Crippen LogP contribution in [0, 0.1) is 0 Å². The quantitative estimate of drug-likeness (QED) is 0.610. The molecule has 3 rings (SSSR count). The van der Waals surface area contributed by atoms with Crippen molar-refractivity contribution in [1.82, 2.24) is 4.98 Å². The zero-order valence-corrected chi connectivity index (χ0v) is 10.2. The number of benzene rings is 1. The first-order chi connectivity index (χ1) is 8.90. The highest BCUT2D eigenvalue weighted by Gasteiger charge is 2.25. The molecule has 2 aromatic rings. The molecule has 92 valence electrons. The van der Waals surface area contributed by atoms with E-state index in [9.17, 15) is 0 Å². The Bertz CT molecular complexity index is 587. The number of hydrogen-bond acceptors (Lipinski definition) is 3. The minimum atomic E-state index is 0.176. The van der Waals surface area contributed by atoms with Gasteiger partial charge < -0.3 is 5.21 Å². The molecule has 0 radical (unpaired) electrons. The van der Waals surface area contributed by atoms with E-state index in [1.807, 2.05) is 24.4 Å². The van der Waals surface area contributed by atoms with E-state index in [1.54, 1.807) is 0 Å². The number of hydrogen-bond donors (Lipinski definition) is 1. The Labute approximate surface area is 106 Å². The van der Waals surface area contributed by atoms with Crippen molar-refractivity contribution in [3.05, 3.63) is 42.2 Å². The topological polar surface area (TPSA) is 45.5 Å². The van der Waals surface area contributed by atoms with Crippen molar-refractivity contribution >= 4 is 16.5 Å². The van der Waals surface area contributed by atoms with Crippen molar-refractivity contribution in [3.63, 3.8) is 0 Å². The molecular weight excluding hydrogens is 224 g/mol. The van der Waals surface area contributed by atoms with Crippen molar-refractivity contribution in [2.24, 2.45) is 5.16 Å². The summed E-state index contributed by atoms with van der Waals surface area (Å²) in [6.07, 6.45) is 6.04. The second kappa shape index (κ2) is 4.77. The maximum absolute atomic E-state index is 9.16. The van der Waals surface area contributed by atoms with Gasteiger partial charge in [-0.25, -0.2) is 0 Å². The zero-order valence-electron chi connectivity index (χ0n) is 10.2. The molecule has 1 aliphatic carbocycles. The van der Waals surface area contributed by atoms with Crippen LogP contribution in [-0.2, 0) is 0 Å². The molecule has 0 spiro atoms. The summed E-state index contributed by atoms with van der Waals surface area (Å²) in [4.78, 5) is 4.54. The summed E-state index contributed by atoms with van der Waals surface area (Å²) in [5.41, 5.74) is 1.94. The Morgan fingerprint density at radius 3 is 2.94 bits per heavy atom. The van der Waals surface area contributed by atoms with Crippen LogP contribution in [-0.4, -0.2) is 15.9 Å². The number of pyridine rings is 1. The molecule has 0 amide bonds. The predicted octanol–water partition coefficient (Wildman–Crippen LogP) is 3.72. The third-order valence-electron chi connectivity index (χ3n) is 3.74. The fraction of sp³-hybridized carbons (Fsp3) is 0.333. The standard InChI is InChI=1S/C15H16N2O/c18-17-14-8-4-3-7-13(14)15-12-6-2-1-5-11(12)9-10-16-15/h1-2,5-6,9-10,13,18H,3-4,7-8H2/b17-14+. The van der Waals surface area contributed by atoms with Gasteiger partial charge >= 0.3 is 0 Å². The van der Waals surface area contributed by atoms with Crippen molar-refractivity contribution < 1.29 is 5.21 Å². The lowest BCUT2D eigenvalue weighted by Crippen LogP contribution is -2.18. The van der Waals surface area contributed by atoms with Gasteiger partial charge in [0, 0.05) is 17.5 Å². The second-order valence-corrected chi connectivity index (χ2v) is 4.81. The fourth-order valence-electron chi connectivity index (χ4n) is 2.83. The Morgan fingerprint density at radius 1 is 1.17 bits per heavy atom. The van der Waals surface area contributed by atoms with E-state index in [4.69, 9.17) is 5.21 Å². The molecule has 1 atom stereocenters. The Hall–Kier alpha value is -1.90. The smallest absolute Gasteiger partial charge is 0.0661 e. The minimum Gasteiger partial charge on any atom is -0.411 e. The van der Waals surface area contributed by atoms with Crippen LogP contribution in [0.25, 0.3) is 10.8 Å². The Morgan fingerprint density at radius 2 is 2.06 bits per heavy atom. The van der Waals surface area contributed by atoms with Crippen molar-refractivity contribution in [1.29, 1.82) is 0 Å². The van der Waals surface area contributed by atoms with Gasteiger partial charge in [-0.3, -0.25) is 4.98 Å². The summed E-state index contributed by atoms with van der Waals surface area (Å²) in [5.74, 6) is 0.176. The maximum atomic E-state index is 9.16. The van der Waals surface area contributed by atoms with Gasteiger partial charge in [0.05, 0.1) is 11.4 Å². The first-order valence-electron chi connectivity index (χ1n) is 6.44. The lowest BCUT2D eigenvalue weighted by molar-refractivity contribution is 0.312. The molecule has 1 saturated carbocycles. The molecule has 1 N–H and O–H groups in total. The summed E-state index contributed by atoms with van der Waals surface area (Å²) in [6, 6.07) is 10.3. The van der Waals surface area contributed by atoms with Crippen LogP contribution in [0.4, 0.5) is 0 Å². The number of rotatable bonds is 1. The fourth-order valence-corrected chi connectivity index (χ4v) is 2.83. The van der Waals surface area contributed by atoms with Crippen molar-refractivity contribution in [2.45, 2.75) is 31.6 Å². The van der Waals surface area contributed by atoms with Gasteiger partial charge in [-0.1, -0.05) is 35.8 Å². The van der Waals surface area contributed by atoms with E-state index in [0.717, 1.165) is 30.7 Å². The third kappa shape index (κ3) is 1.86. The molecule has 0 aliphatic heterocycles. The summed E-state index contributed by atoms with van der Waals surface area (Å²) < 4.78 is 0. The molecule has 1 fully saturated rings. The van der Waals surface area contributed by atoms with Gasteiger partial charge in [-0.05, 0) is 30.7 Å². The lowest BCUT2D eigenvalue weighted by atomic mass is 9.83. The number of oxime groups is 1. The summed E-state index contributed by atoms with van der Waals surface area (Å²) >= 11 is 0. The Balaban J connectivity index is 2.13. The molecule has 1 aliphatic rings. The first kappa shape index (κ1) is 11.2. The SMILES string of the molecule is O/N=C1\CCCCC1c1nccc2ccccc12. The molecular formula is C15H16N2O. The Kier molecular flexibility index (Phi) is 2.97. The number of aromatic nitrogens is 1. The molecule has 3 nitrogen and oxygen atoms in total. The number of nitrogens with zero attached hydrogens (tertiary/aromatic N) is 2. The van der Waals surface area contributed by atoms with Crippen LogP contribution >= 0.6 is 0 Å². The molecule has 1 unspecified atom stereocenters. The van der Waals surface area contributed by atoms with E-state index >= 15 is 0 Å². The monoisotopic (exact) mass is 240 g/mol. The van der Waals surface area contributed by atoms with Crippen LogP contribution < -0.4 is 0 Å². The van der Waals surface area contributed by atoms with Crippen LogP contribution in [0.1, 0.15) is 37.3 Å². The summed E-state index contributed by atoms with van der Waals surface area (Å²) in [7, 11) is 0. The van der Waals surface area contributed by atoms with Gasteiger partial charge in [0.2, 0.25) is 0 Å². The molecule has 0 bridgehead atoms. The zero-order chi connectivity index (χ0) is 12.4. The van der Waals surface area contributed by atoms with E-state index in [0.29, 0.717) is 0 Å². The van der Waals surface area contributed by atoms with E-state index in [1.165, 1.54) is 17.2 Å². The van der Waals surface area contributed by atoms with Crippen molar-refractivity contribution in [3.8, 4) is 0 Å². The van der Waals surface area contributed by atoms with Gasteiger partial charge in [0.25, 0.3) is 0 Å². The van der Waals surface area contributed by atoms with E-state index < -0.39 is 0 Å². The normalized spacial score (nSPS) is 22.4. The van der Waals surface area contributed by atoms with Crippen LogP contribution in [0.5, 0.6) is 0 Å². The molecule has 3 heteroatoms. The second-order valence-electron chi connectivity index (χ2n) is 4.81. The van der Waals surface area contributed by atoms with Crippen molar-refractivity contribution in [2.75, 3.05) is 0 Å². The molecule has 1 heterocycles. The largest absolute Gasteiger partial charge is 0.411 e. The molecule has 1 aromatic heterocycles. The lowest BCUT2D eigenvalue weighted by Gasteiger charge is -2.23. The highest BCUT2D eigenvalue weighted by atomic mass is 16.4. The highest BCUT2D eigenvalue weighted by molar-refractivity contribution is 5.95. The average molecular weight is 240 g/mol. The average Bonchev–Trinajstić information content (AvgIpc) is 2.46. The van der Waals surface area contributed by atoms with Crippen LogP contribution in [0.15, 0.2) is 41.7 Å². The van der Waals surface area contributed by atoms with E-state index in [-0.39, 0.29) is 5.92 Å². The minimum absolute atomic E-state index is 0.176. The number of fused-ring (bicyclic) bond motifs is 1. The van der Waals surface area contributed by atoms with Gasteiger partial charge in [0.15, 0.2) is 0 Å². The molecule has 0 saturated heterocycles. The molecule has 1 aromatic carbocycles. The van der Waals surface area contributed by atoms with Crippen LogP contribution in [0.2, 0.25) is 0 Å². The van der Waals surface area contributed by atoms with Crippen LogP contribution in [0.3, 0.4) is 0 Å². The molecule has 18 heavy (non-hydrogen) atoms. The van der Waals surface area contributed by atoms with Gasteiger partial charge in [-0.15, -0.1) is 0 Å². The summed E-state index contributed by atoms with van der Waals surface area (Å²) in [5, 5.41) is 15.0. The third-order valence-corrected chi connectivity index (χ3v) is 3.74. The maximum Gasteiger partial charge on any atom is 0.0661 e. The van der Waals surface area contributed by atoms with Gasteiger partial charge in [0.1, 0.15) is 0 Å². The predicted molar refractivity (Wildman–Crippen MR) is 72.2 cm³/mol. The first-order valence-corrected chi connectivity index (χ1v) is 6.44. The highest BCUT2D eigenvalue weighted by Crippen LogP contribution is 2.33. The van der Waals surface area contributed by atoms with E-state index in [2.05, 4.69) is 22.3 Å². The van der Waals surface area contributed by atoms with Gasteiger partial charge in [-0.2, -0.15) is 0 Å². The summed E-state index contributed by atoms with van der Waals surface area (Å²) in [6.45, 7) is 0.